The fraction of sp³-hybridized carbons (Fsp3) is 0.143. The fourth-order valence-corrected chi connectivity index (χ4v) is 1.22. The van der Waals surface area contributed by atoms with E-state index in [4.69, 9.17) is 11.6 Å². The van der Waals surface area contributed by atoms with Crippen molar-refractivity contribution in [2.24, 2.45) is 0 Å². The van der Waals surface area contributed by atoms with Crippen LogP contribution in [0.4, 0.5) is 8.78 Å². The molecule has 2 nitrogen and oxygen atoms in total. The number of rotatable bonds is 2. The van der Waals surface area contributed by atoms with Crippen molar-refractivity contribution in [2.45, 2.75) is 6.43 Å². The largest absolute Gasteiger partial charge is 0.274 e. The molecular formula is C7H3BrClF2NO. The SMILES string of the molecule is O=C(Cl)c1cc(C(F)F)c(Br)cn1. The lowest BCUT2D eigenvalue weighted by molar-refractivity contribution is 0.107. The van der Waals surface area contributed by atoms with Crippen LogP contribution in [0.15, 0.2) is 16.7 Å². The average Bonchev–Trinajstić information content (AvgIpc) is 2.04. The lowest BCUT2D eigenvalue weighted by atomic mass is 10.2. The molecule has 1 rings (SSSR count). The van der Waals surface area contributed by atoms with E-state index in [1.165, 1.54) is 0 Å². The molecule has 0 amide bonds. The number of hydrogen-bond acceptors (Lipinski definition) is 2. The summed E-state index contributed by atoms with van der Waals surface area (Å²) in [5.74, 6) is 0. The minimum absolute atomic E-state index is 0.157. The highest BCUT2D eigenvalue weighted by atomic mass is 79.9. The van der Waals surface area contributed by atoms with E-state index >= 15 is 0 Å². The lowest BCUT2D eigenvalue weighted by Crippen LogP contribution is -1.97. The van der Waals surface area contributed by atoms with Crippen LogP contribution in [0.2, 0.25) is 0 Å². The molecule has 0 aliphatic carbocycles. The molecule has 70 valence electrons. The molecule has 0 atom stereocenters. The third-order valence-electron chi connectivity index (χ3n) is 1.32. The van der Waals surface area contributed by atoms with Crippen LogP contribution in [-0.2, 0) is 0 Å². The van der Waals surface area contributed by atoms with Crippen molar-refractivity contribution in [1.29, 1.82) is 0 Å². The summed E-state index contributed by atoms with van der Waals surface area (Å²) in [6, 6.07) is 0.962. The Morgan fingerprint density at radius 3 is 2.69 bits per heavy atom. The number of aromatic nitrogens is 1. The van der Waals surface area contributed by atoms with Crippen molar-refractivity contribution >= 4 is 32.8 Å². The molecule has 0 bridgehead atoms. The summed E-state index contributed by atoms with van der Waals surface area (Å²) in [5, 5.41) is -0.852. The van der Waals surface area contributed by atoms with Gasteiger partial charge in [-0.1, -0.05) is 0 Å². The Labute approximate surface area is 86.0 Å². The quantitative estimate of drug-likeness (QED) is 0.773. The summed E-state index contributed by atoms with van der Waals surface area (Å²) in [6.07, 6.45) is -1.54. The molecule has 0 aliphatic rings. The van der Waals surface area contributed by atoms with Gasteiger partial charge in [-0.05, 0) is 33.6 Å². The molecule has 0 unspecified atom stereocenters. The molecule has 0 spiro atoms. The normalized spacial score (nSPS) is 10.5. The monoisotopic (exact) mass is 269 g/mol. The Balaban J connectivity index is 3.19. The first-order valence-electron chi connectivity index (χ1n) is 3.16. The fourth-order valence-electron chi connectivity index (χ4n) is 0.729. The van der Waals surface area contributed by atoms with Gasteiger partial charge >= 0.3 is 0 Å². The zero-order chi connectivity index (χ0) is 10.0. The number of carbonyl (C=O) groups is 1. The van der Waals surface area contributed by atoms with Crippen LogP contribution in [0.3, 0.4) is 0 Å². The van der Waals surface area contributed by atoms with Gasteiger partial charge in [0.2, 0.25) is 0 Å². The van der Waals surface area contributed by atoms with E-state index in [0.29, 0.717) is 0 Å². The molecule has 0 saturated heterocycles. The highest BCUT2D eigenvalue weighted by molar-refractivity contribution is 9.10. The number of halogens is 4. The third-order valence-corrected chi connectivity index (χ3v) is 2.18. The van der Waals surface area contributed by atoms with Gasteiger partial charge in [0.15, 0.2) is 0 Å². The van der Waals surface area contributed by atoms with Crippen LogP contribution in [0, 0.1) is 0 Å². The van der Waals surface area contributed by atoms with Gasteiger partial charge in [-0.15, -0.1) is 0 Å². The third kappa shape index (κ3) is 2.45. The van der Waals surface area contributed by atoms with Gasteiger partial charge < -0.3 is 0 Å². The van der Waals surface area contributed by atoms with Gasteiger partial charge in [-0.3, -0.25) is 9.78 Å². The van der Waals surface area contributed by atoms with Crippen LogP contribution in [0.1, 0.15) is 22.5 Å². The van der Waals surface area contributed by atoms with E-state index in [-0.39, 0.29) is 15.7 Å². The maximum absolute atomic E-state index is 12.3. The predicted molar refractivity (Wildman–Crippen MR) is 47.1 cm³/mol. The summed E-state index contributed by atoms with van der Waals surface area (Å²) < 4.78 is 24.7. The number of pyridine rings is 1. The highest BCUT2D eigenvalue weighted by Crippen LogP contribution is 2.27. The molecule has 0 saturated carbocycles. The molecule has 13 heavy (non-hydrogen) atoms. The Morgan fingerprint density at radius 1 is 1.62 bits per heavy atom. The van der Waals surface area contributed by atoms with E-state index in [0.717, 1.165) is 12.3 Å². The van der Waals surface area contributed by atoms with Crippen molar-refractivity contribution in [2.75, 3.05) is 0 Å². The predicted octanol–water partition coefficient (Wildman–Crippen LogP) is 3.16. The molecule has 1 aromatic rings. The summed E-state index contributed by atoms with van der Waals surface area (Å²) >= 11 is 7.95. The maximum atomic E-state index is 12.3. The Hall–Kier alpha value is -0.550. The summed E-state index contributed by atoms with van der Waals surface area (Å²) in [6.45, 7) is 0. The number of carbonyl (C=O) groups excluding carboxylic acids is 1. The van der Waals surface area contributed by atoms with Crippen molar-refractivity contribution in [3.63, 3.8) is 0 Å². The zero-order valence-corrected chi connectivity index (χ0v) is 8.44. The topological polar surface area (TPSA) is 30.0 Å². The molecule has 1 aromatic heterocycles. The smallest absolute Gasteiger partial charge is 0.270 e. The van der Waals surface area contributed by atoms with Crippen molar-refractivity contribution < 1.29 is 13.6 Å². The standard InChI is InChI=1S/C7H3BrClF2NO/c8-4-2-12-5(6(9)13)1-3(4)7(10)11/h1-2,7H. The van der Waals surface area contributed by atoms with Crippen LogP contribution in [-0.4, -0.2) is 10.2 Å². The van der Waals surface area contributed by atoms with E-state index in [1.54, 1.807) is 0 Å². The highest BCUT2D eigenvalue weighted by Gasteiger charge is 2.14. The molecule has 0 aliphatic heterocycles. The molecule has 0 fully saturated rings. The van der Waals surface area contributed by atoms with Gasteiger partial charge in [-0.25, -0.2) is 8.78 Å². The van der Waals surface area contributed by atoms with Crippen LogP contribution >= 0.6 is 27.5 Å². The molecule has 1 heterocycles. The first-order valence-corrected chi connectivity index (χ1v) is 4.33. The maximum Gasteiger partial charge on any atom is 0.270 e. The summed E-state index contributed by atoms with van der Waals surface area (Å²) in [5.41, 5.74) is -0.473. The minimum atomic E-state index is -2.66. The van der Waals surface area contributed by atoms with Crippen LogP contribution in [0.5, 0.6) is 0 Å². The molecular weight excluding hydrogens is 267 g/mol. The molecule has 0 radical (unpaired) electrons. The average molecular weight is 270 g/mol. The Kier molecular flexibility index (Phi) is 3.33. The van der Waals surface area contributed by atoms with E-state index < -0.39 is 11.7 Å². The van der Waals surface area contributed by atoms with Crippen LogP contribution in [0.25, 0.3) is 0 Å². The van der Waals surface area contributed by atoms with Gasteiger partial charge in [0.05, 0.1) is 0 Å². The first kappa shape index (κ1) is 10.5. The van der Waals surface area contributed by atoms with Gasteiger partial charge in [-0.2, -0.15) is 0 Å². The van der Waals surface area contributed by atoms with Gasteiger partial charge in [0.1, 0.15) is 5.69 Å². The van der Waals surface area contributed by atoms with E-state index in [9.17, 15) is 13.6 Å². The number of nitrogens with zero attached hydrogens (tertiary/aromatic N) is 1. The zero-order valence-electron chi connectivity index (χ0n) is 6.10. The van der Waals surface area contributed by atoms with Crippen LogP contribution < -0.4 is 0 Å². The molecule has 0 N–H and O–H groups in total. The summed E-state index contributed by atoms with van der Waals surface area (Å²) in [7, 11) is 0. The number of alkyl halides is 2. The number of hydrogen-bond donors (Lipinski definition) is 0. The second-order valence-corrected chi connectivity index (χ2v) is 3.36. The van der Waals surface area contributed by atoms with Crippen molar-refractivity contribution in [3.05, 3.63) is 28.0 Å². The second kappa shape index (κ2) is 4.11. The Morgan fingerprint density at radius 2 is 2.23 bits per heavy atom. The van der Waals surface area contributed by atoms with E-state index in [2.05, 4.69) is 20.9 Å². The van der Waals surface area contributed by atoms with Crippen molar-refractivity contribution in [3.8, 4) is 0 Å². The lowest BCUT2D eigenvalue weighted by Gasteiger charge is -2.02. The van der Waals surface area contributed by atoms with Crippen molar-refractivity contribution in [1.82, 2.24) is 4.98 Å². The van der Waals surface area contributed by atoms with Gasteiger partial charge in [0.25, 0.3) is 11.7 Å². The molecule has 6 heteroatoms. The van der Waals surface area contributed by atoms with E-state index in [1.807, 2.05) is 0 Å². The first-order chi connectivity index (χ1) is 6.02. The minimum Gasteiger partial charge on any atom is -0.274 e. The summed E-state index contributed by atoms with van der Waals surface area (Å²) in [4.78, 5) is 14.1. The van der Waals surface area contributed by atoms with Gasteiger partial charge in [0, 0.05) is 16.2 Å². The Bertz CT molecular complexity index is 345. The second-order valence-electron chi connectivity index (χ2n) is 2.17. The molecule has 0 aromatic carbocycles.